The summed E-state index contributed by atoms with van der Waals surface area (Å²) in [6.07, 6.45) is 9.01. The quantitative estimate of drug-likeness (QED) is 0.182. The van der Waals surface area contributed by atoms with Crippen LogP contribution in [0.25, 0.3) is 32.7 Å². The number of nitrogens with zero attached hydrogens (tertiary/aromatic N) is 2. The summed E-state index contributed by atoms with van der Waals surface area (Å²) in [4.78, 5) is 4.70. The van der Waals surface area contributed by atoms with Gasteiger partial charge < -0.3 is 9.80 Å². The van der Waals surface area contributed by atoms with Crippen molar-refractivity contribution < 1.29 is 0 Å². The Morgan fingerprint density at radius 3 is 1.35 bits per heavy atom. The molecule has 0 N–H and O–H groups in total. The first-order valence-electron chi connectivity index (χ1n) is 16.0. The number of fused-ring (bicyclic) bond motifs is 2. The number of hydrogen-bond donors (Lipinski definition) is 0. The Labute approximate surface area is 270 Å². The van der Waals surface area contributed by atoms with E-state index in [0.29, 0.717) is 0 Å². The molecular formula is C44H34N2. The first-order chi connectivity index (χ1) is 22.8. The van der Waals surface area contributed by atoms with Crippen LogP contribution in [0.1, 0.15) is 12.8 Å². The van der Waals surface area contributed by atoms with E-state index in [1.54, 1.807) is 0 Å². The molecule has 46 heavy (non-hydrogen) atoms. The van der Waals surface area contributed by atoms with E-state index in [0.717, 1.165) is 35.6 Å². The van der Waals surface area contributed by atoms with Gasteiger partial charge in [0, 0.05) is 34.1 Å². The van der Waals surface area contributed by atoms with E-state index < -0.39 is 0 Å². The van der Waals surface area contributed by atoms with Crippen molar-refractivity contribution in [3.05, 3.63) is 188 Å². The molecular weight excluding hydrogens is 556 g/mol. The third kappa shape index (κ3) is 5.46. The van der Waals surface area contributed by atoms with Crippen molar-refractivity contribution in [2.24, 2.45) is 0 Å². The van der Waals surface area contributed by atoms with Crippen molar-refractivity contribution in [2.45, 2.75) is 12.8 Å². The van der Waals surface area contributed by atoms with Gasteiger partial charge in [0.2, 0.25) is 0 Å². The lowest BCUT2D eigenvalue weighted by Gasteiger charge is -2.28. The van der Waals surface area contributed by atoms with Crippen LogP contribution in [-0.2, 0) is 0 Å². The summed E-state index contributed by atoms with van der Waals surface area (Å²) in [5.41, 5.74) is 9.32. The molecule has 0 fully saturated rings. The highest BCUT2D eigenvalue weighted by atomic mass is 15.1. The Kier molecular flexibility index (Phi) is 7.38. The van der Waals surface area contributed by atoms with Crippen molar-refractivity contribution in [2.75, 3.05) is 9.80 Å². The molecule has 1 aliphatic rings. The molecule has 7 aromatic rings. The Bertz CT molecular complexity index is 2190. The molecule has 0 saturated carbocycles. The lowest BCUT2D eigenvalue weighted by molar-refractivity contribution is 0.997. The number of allylic oxidation sites excluding steroid dienone is 3. The van der Waals surface area contributed by atoms with Crippen LogP contribution in [-0.4, -0.2) is 0 Å². The molecule has 0 unspecified atom stereocenters. The maximum Gasteiger partial charge on any atom is 0.0468 e. The van der Waals surface area contributed by atoms with Crippen LogP contribution in [0.2, 0.25) is 0 Å². The summed E-state index contributed by atoms with van der Waals surface area (Å²) >= 11 is 0. The minimum absolute atomic E-state index is 1.06. The van der Waals surface area contributed by atoms with Gasteiger partial charge in [0.1, 0.15) is 0 Å². The third-order valence-corrected chi connectivity index (χ3v) is 8.81. The van der Waals surface area contributed by atoms with Gasteiger partial charge in [-0.1, -0.05) is 115 Å². The first-order valence-corrected chi connectivity index (χ1v) is 16.0. The molecule has 0 spiro atoms. The van der Waals surface area contributed by atoms with Crippen molar-refractivity contribution in [3.8, 4) is 11.1 Å². The van der Waals surface area contributed by atoms with E-state index in [1.165, 1.54) is 44.1 Å². The first kappa shape index (κ1) is 27.7. The van der Waals surface area contributed by atoms with Crippen LogP contribution in [0.5, 0.6) is 0 Å². The van der Waals surface area contributed by atoms with E-state index in [4.69, 9.17) is 0 Å². The van der Waals surface area contributed by atoms with Gasteiger partial charge in [0.05, 0.1) is 0 Å². The number of anilines is 5. The Morgan fingerprint density at radius 1 is 0.348 bits per heavy atom. The van der Waals surface area contributed by atoms with Gasteiger partial charge in [-0.2, -0.15) is 0 Å². The fourth-order valence-electron chi connectivity index (χ4n) is 6.47. The zero-order valence-electron chi connectivity index (χ0n) is 25.6. The molecule has 0 aromatic heterocycles. The lowest BCUT2D eigenvalue weighted by Crippen LogP contribution is -2.16. The normalized spacial score (nSPS) is 12.7. The van der Waals surface area contributed by atoms with Gasteiger partial charge in [-0.25, -0.2) is 0 Å². The average molecular weight is 591 g/mol. The predicted octanol–water partition coefficient (Wildman–Crippen LogP) is 12.5. The van der Waals surface area contributed by atoms with Crippen LogP contribution < -0.4 is 9.80 Å². The Balaban J connectivity index is 1.12. The minimum Gasteiger partial charge on any atom is -0.311 e. The Hall–Kier alpha value is -5.86. The number of hydrogen-bond acceptors (Lipinski definition) is 2. The molecule has 0 heterocycles. The molecule has 0 amide bonds. The third-order valence-electron chi connectivity index (χ3n) is 8.81. The highest BCUT2D eigenvalue weighted by molar-refractivity contribution is 5.90. The summed E-state index contributed by atoms with van der Waals surface area (Å²) in [5, 5.41) is 4.97. The van der Waals surface area contributed by atoms with Crippen LogP contribution >= 0.6 is 0 Å². The van der Waals surface area contributed by atoms with E-state index in [2.05, 4.69) is 192 Å². The van der Waals surface area contributed by atoms with Crippen LogP contribution in [0.3, 0.4) is 0 Å². The molecule has 7 aromatic carbocycles. The van der Waals surface area contributed by atoms with E-state index in [1.807, 2.05) is 0 Å². The van der Waals surface area contributed by atoms with Gasteiger partial charge >= 0.3 is 0 Å². The summed E-state index contributed by atoms with van der Waals surface area (Å²) in [6, 6.07) is 59.0. The molecule has 2 heteroatoms. The number of benzene rings is 7. The molecule has 220 valence electrons. The van der Waals surface area contributed by atoms with Crippen LogP contribution in [0.15, 0.2) is 188 Å². The molecule has 1 aliphatic carbocycles. The van der Waals surface area contributed by atoms with Crippen molar-refractivity contribution in [1.82, 2.24) is 0 Å². The van der Waals surface area contributed by atoms with Crippen molar-refractivity contribution in [3.63, 3.8) is 0 Å². The SMILES string of the molecule is C1=CC(N(c2ccc(-c3ccc(N(c4ccccc4)c4ccc5ccccc5c4)cc3)cc2)c2ccc3ccccc3c2)=CCC1. The number of rotatable bonds is 7. The second kappa shape index (κ2) is 12.3. The zero-order valence-corrected chi connectivity index (χ0v) is 25.6. The van der Waals surface area contributed by atoms with E-state index in [-0.39, 0.29) is 0 Å². The smallest absolute Gasteiger partial charge is 0.0468 e. The maximum absolute atomic E-state index is 2.37. The molecule has 0 aliphatic heterocycles. The monoisotopic (exact) mass is 590 g/mol. The predicted molar refractivity (Wildman–Crippen MR) is 197 cm³/mol. The molecule has 0 bridgehead atoms. The van der Waals surface area contributed by atoms with Gasteiger partial charge in [0.25, 0.3) is 0 Å². The molecule has 0 atom stereocenters. The van der Waals surface area contributed by atoms with E-state index >= 15 is 0 Å². The minimum atomic E-state index is 1.06. The maximum atomic E-state index is 2.37. The second-order valence-electron chi connectivity index (χ2n) is 11.8. The summed E-state index contributed by atoms with van der Waals surface area (Å²) in [7, 11) is 0. The fraction of sp³-hybridized carbons (Fsp3) is 0.0455. The molecule has 8 rings (SSSR count). The number of para-hydroxylation sites is 1. The largest absolute Gasteiger partial charge is 0.311 e. The molecule has 0 saturated heterocycles. The topological polar surface area (TPSA) is 6.48 Å². The van der Waals surface area contributed by atoms with Gasteiger partial charge in [0.15, 0.2) is 0 Å². The fourth-order valence-corrected chi connectivity index (χ4v) is 6.47. The lowest BCUT2D eigenvalue weighted by atomic mass is 10.0. The van der Waals surface area contributed by atoms with E-state index in [9.17, 15) is 0 Å². The van der Waals surface area contributed by atoms with Crippen molar-refractivity contribution >= 4 is 50.0 Å². The highest BCUT2D eigenvalue weighted by Crippen LogP contribution is 2.38. The average Bonchev–Trinajstić information content (AvgIpc) is 3.13. The van der Waals surface area contributed by atoms with Crippen LogP contribution in [0.4, 0.5) is 28.4 Å². The van der Waals surface area contributed by atoms with Crippen molar-refractivity contribution in [1.29, 1.82) is 0 Å². The summed E-state index contributed by atoms with van der Waals surface area (Å²) < 4.78 is 0. The van der Waals surface area contributed by atoms with Gasteiger partial charge in [-0.15, -0.1) is 0 Å². The summed E-state index contributed by atoms with van der Waals surface area (Å²) in [5.74, 6) is 0. The molecule has 2 nitrogen and oxygen atoms in total. The standard InChI is InChI=1S/C44H34N2/c1-3-15-39(16-4-1)45(43-29-23-33-11-7-9-13-37(33)31-43)41-25-19-35(20-26-41)36-21-27-42(28-22-36)46(40-17-5-2-6-18-40)44-30-24-34-12-8-10-14-38(34)32-44/h1,3-5,7-32H,2,6H2. The molecule has 0 radical (unpaired) electrons. The zero-order chi connectivity index (χ0) is 30.7. The van der Waals surface area contributed by atoms with Gasteiger partial charge in [-0.3, -0.25) is 0 Å². The van der Waals surface area contributed by atoms with Gasteiger partial charge in [-0.05, 0) is 112 Å². The van der Waals surface area contributed by atoms with Crippen LogP contribution in [0, 0.1) is 0 Å². The Morgan fingerprint density at radius 2 is 0.804 bits per heavy atom. The second-order valence-corrected chi connectivity index (χ2v) is 11.8. The highest BCUT2D eigenvalue weighted by Gasteiger charge is 2.16. The summed E-state index contributed by atoms with van der Waals surface area (Å²) in [6.45, 7) is 0.